The van der Waals surface area contributed by atoms with Crippen LogP contribution in [0, 0.1) is 0 Å². The van der Waals surface area contributed by atoms with Gasteiger partial charge in [0.05, 0.1) is 11.3 Å². The Hall–Kier alpha value is -1.65. The third-order valence-corrected chi connectivity index (χ3v) is 4.08. The Bertz CT molecular complexity index is 628. The lowest BCUT2D eigenvalue weighted by atomic mass is 10.1. The third kappa shape index (κ3) is 3.68. The summed E-state index contributed by atoms with van der Waals surface area (Å²) in [4.78, 5) is 12.0. The standard InChI is InChI=1S/C15H13ClO3S/c16-13-4-2-1-3-10(13)8-20-9-15(19)12-6-5-11(17)7-14(12)18/h1-7,17-18H,8-9H2. The predicted octanol–water partition coefficient (Wildman–Crippen LogP) is 3.87. The largest absolute Gasteiger partial charge is 0.508 e. The number of benzene rings is 2. The van der Waals surface area contributed by atoms with Crippen LogP contribution in [0.4, 0.5) is 0 Å². The molecule has 0 amide bonds. The Balaban J connectivity index is 1.94. The van der Waals surface area contributed by atoms with Crippen LogP contribution in [-0.2, 0) is 5.75 Å². The lowest BCUT2D eigenvalue weighted by Crippen LogP contribution is -2.03. The Kier molecular flexibility index (Phi) is 4.93. The van der Waals surface area contributed by atoms with E-state index in [1.807, 2.05) is 24.3 Å². The van der Waals surface area contributed by atoms with Gasteiger partial charge in [0.1, 0.15) is 11.5 Å². The number of rotatable bonds is 5. The van der Waals surface area contributed by atoms with Gasteiger partial charge >= 0.3 is 0 Å². The van der Waals surface area contributed by atoms with Crippen LogP contribution in [0.25, 0.3) is 0 Å². The Morgan fingerprint density at radius 2 is 1.90 bits per heavy atom. The molecule has 2 aromatic rings. The lowest BCUT2D eigenvalue weighted by molar-refractivity contribution is 0.102. The van der Waals surface area contributed by atoms with Gasteiger partial charge in [-0.2, -0.15) is 0 Å². The van der Waals surface area contributed by atoms with Gasteiger partial charge in [-0.3, -0.25) is 4.79 Å². The average molecular weight is 309 g/mol. The highest BCUT2D eigenvalue weighted by molar-refractivity contribution is 7.99. The van der Waals surface area contributed by atoms with E-state index in [2.05, 4.69) is 0 Å². The first-order valence-electron chi connectivity index (χ1n) is 5.94. The number of Topliss-reactive ketones (excluding diaryl/α,β-unsaturated/α-hetero) is 1. The highest BCUT2D eigenvalue weighted by atomic mass is 35.5. The van der Waals surface area contributed by atoms with Crippen LogP contribution < -0.4 is 0 Å². The molecule has 3 nitrogen and oxygen atoms in total. The molecule has 0 fully saturated rings. The van der Waals surface area contributed by atoms with Gasteiger partial charge in [0, 0.05) is 16.8 Å². The molecule has 0 unspecified atom stereocenters. The zero-order valence-corrected chi connectivity index (χ0v) is 12.1. The quantitative estimate of drug-likeness (QED) is 0.823. The van der Waals surface area contributed by atoms with Crippen LogP contribution in [0.1, 0.15) is 15.9 Å². The molecule has 0 spiro atoms. The number of halogens is 1. The fourth-order valence-electron chi connectivity index (χ4n) is 1.70. The van der Waals surface area contributed by atoms with E-state index in [0.717, 1.165) is 11.6 Å². The van der Waals surface area contributed by atoms with Crippen molar-refractivity contribution in [2.24, 2.45) is 0 Å². The Morgan fingerprint density at radius 1 is 1.15 bits per heavy atom. The molecule has 2 rings (SSSR count). The number of phenolic OH excluding ortho intramolecular Hbond substituents is 2. The minimum Gasteiger partial charge on any atom is -0.508 e. The van der Waals surface area contributed by atoms with E-state index in [1.54, 1.807) is 0 Å². The number of hydrogen-bond donors (Lipinski definition) is 2. The van der Waals surface area contributed by atoms with Gasteiger partial charge in [-0.25, -0.2) is 0 Å². The van der Waals surface area contributed by atoms with Crippen LogP contribution in [0.5, 0.6) is 11.5 Å². The van der Waals surface area contributed by atoms with Crippen LogP contribution in [0.2, 0.25) is 5.02 Å². The van der Waals surface area contributed by atoms with Crippen LogP contribution >= 0.6 is 23.4 Å². The fraction of sp³-hybridized carbons (Fsp3) is 0.133. The Labute approximate surface area is 126 Å². The first kappa shape index (κ1) is 14.8. The molecule has 20 heavy (non-hydrogen) atoms. The highest BCUT2D eigenvalue weighted by Gasteiger charge is 2.12. The molecule has 5 heteroatoms. The van der Waals surface area contributed by atoms with E-state index in [1.165, 1.54) is 23.9 Å². The van der Waals surface area contributed by atoms with Crippen molar-refractivity contribution < 1.29 is 15.0 Å². The van der Waals surface area contributed by atoms with E-state index in [4.69, 9.17) is 11.6 Å². The summed E-state index contributed by atoms with van der Waals surface area (Å²) in [5, 5.41) is 19.5. The molecule has 0 aliphatic heterocycles. The van der Waals surface area contributed by atoms with Crippen molar-refractivity contribution in [3.05, 3.63) is 58.6 Å². The predicted molar refractivity (Wildman–Crippen MR) is 81.7 cm³/mol. The molecular formula is C15H13ClO3S. The van der Waals surface area contributed by atoms with Crippen molar-refractivity contribution in [3.63, 3.8) is 0 Å². The summed E-state index contributed by atoms with van der Waals surface area (Å²) in [7, 11) is 0. The molecule has 0 aliphatic carbocycles. The second-order valence-electron chi connectivity index (χ2n) is 4.21. The molecule has 0 saturated heterocycles. The molecule has 2 N–H and O–H groups in total. The van der Waals surface area contributed by atoms with Crippen molar-refractivity contribution in [1.29, 1.82) is 0 Å². The number of hydrogen-bond acceptors (Lipinski definition) is 4. The Morgan fingerprint density at radius 3 is 2.60 bits per heavy atom. The summed E-state index contributed by atoms with van der Waals surface area (Å²) >= 11 is 7.46. The number of carbonyl (C=O) groups is 1. The van der Waals surface area contributed by atoms with Crippen molar-refractivity contribution in [2.45, 2.75) is 5.75 Å². The SMILES string of the molecule is O=C(CSCc1ccccc1Cl)c1ccc(O)cc1O. The summed E-state index contributed by atoms with van der Waals surface area (Å²) in [5.74, 6) is 0.420. The minimum absolute atomic E-state index is 0.0669. The summed E-state index contributed by atoms with van der Waals surface area (Å²) in [6.45, 7) is 0. The maximum atomic E-state index is 12.0. The summed E-state index contributed by atoms with van der Waals surface area (Å²) in [5.41, 5.74) is 1.19. The average Bonchev–Trinajstić information content (AvgIpc) is 2.40. The third-order valence-electron chi connectivity index (χ3n) is 2.73. The second kappa shape index (κ2) is 6.68. The van der Waals surface area contributed by atoms with Crippen molar-refractivity contribution in [3.8, 4) is 11.5 Å². The molecule has 0 aromatic heterocycles. The molecular weight excluding hydrogens is 296 g/mol. The fourth-order valence-corrected chi connectivity index (χ4v) is 2.90. The lowest BCUT2D eigenvalue weighted by Gasteiger charge is -2.05. The molecule has 104 valence electrons. The van der Waals surface area contributed by atoms with Gasteiger partial charge < -0.3 is 10.2 Å². The number of ketones is 1. The van der Waals surface area contributed by atoms with E-state index in [0.29, 0.717) is 10.8 Å². The summed E-state index contributed by atoms with van der Waals surface area (Å²) in [6, 6.07) is 11.4. The van der Waals surface area contributed by atoms with E-state index >= 15 is 0 Å². The smallest absolute Gasteiger partial charge is 0.176 e. The number of aromatic hydroxyl groups is 2. The zero-order chi connectivity index (χ0) is 14.5. The van der Waals surface area contributed by atoms with Gasteiger partial charge in [0.15, 0.2) is 5.78 Å². The summed E-state index contributed by atoms with van der Waals surface area (Å²) in [6.07, 6.45) is 0. The molecule has 0 radical (unpaired) electrons. The topological polar surface area (TPSA) is 57.5 Å². The van der Waals surface area contributed by atoms with Crippen molar-refractivity contribution >= 4 is 29.1 Å². The second-order valence-corrected chi connectivity index (χ2v) is 5.60. The van der Waals surface area contributed by atoms with Crippen molar-refractivity contribution in [1.82, 2.24) is 0 Å². The monoisotopic (exact) mass is 308 g/mol. The van der Waals surface area contributed by atoms with Gasteiger partial charge in [-0.1, -0.05) is 29.8 Å². The van der Waals surface area contributed by atoms with Gasteiger partial charge in [-0.15, -0.1) is 11.8 Å². The number of phenols is 2. The molecule has 0 bridgehead atoms. The van der Waals surface area contributed by atoms with E-state index in [9.17, 15) is 15.0 Å². The van der Waals surface area contributed by atoms with Gasteiger partial charge in [0.25, 0.3) is 0 Å². The molecule has 0 saturated carbocycles. The normalized spacial score (nSPS) is 10.4. The number of carbonyl (C=O) groups excluding carboxylic acids is 1. The van der Waals surface area contributed by atoms with Gasteiger partial charge in [-0.05, 0) is 23.8 Å². The maximum Gasteiger partial charge on any atom is 0.176 e. The van der Waals surface area contributed by atoms with Crippen LogP contribution in [-0.4, -0.2) is 21.7 Å². The molecule has 0 heterocycles. The first-order chi connectivity index (χ1) is 9.58. The van der Waals surface area contributed by atoms with E-state index in [-0.39, 0.29) is 28.6 Å². The van der Waals surface area contributed by atoms with Crippen LogP contribution in [0.15, 0.2) is 42.5 Å². The van der Waals surface area contributed by atoms with E-state index < -0.39 is 0 Å². The maximum absolute atomic E-state index is 12.0. The minimum atomic E-state index is -0.201. The first-order valence-corrected chi connectivity index (χ1v) is 7.47. The molecule has 0 atom stereocenters. The van der Waals surface area contributed by atoms with Crippen LogP contribution in [0.3, 0.4) is 0 Å². The number of thioether (sulfide) groups is 1. The molecule has 2 aromatic carbocycles. The summed E-state index contributed by atoms with van der Waals surface area (Å²) < 4.78 is 0. The highest BCUT2D eigenvalue weighted by Crippen LogP contribution is 2.25. The molecule has 0 aliphatic rings. The zero-order valence-electron chi connectivity index (χ0n) is 10.5. The van der Waals surface area contributed by atoms with Crippen molar-refractivity contribution in [2.75, 3.05) is 5.75 Å². The van der Waals surface area contributed by atoms with Gasteiger partial charge in [0.2, 0.25) is 0 Å².